The van der Waals surface area contributed by atoms with Crippen molar-refractivity contribution in [2.75, 3.05) is 0 Å². The first kappa shape index (κ1) is 15.7. The second-order valence-corrected chi connectivity index (χ2v) is 5.38. The lowest BCUT2D eigenvalue weighted by Crippen LogP contribution is -1.98. The fourth-order valence-electron chi connectivity index (χ4n) is 2.15. The first-order valence-electron chi connectivity index (χ1n) is 7.60. The van der Waals surface area contributed by atoms with Crippen LogP contribution in [0.3, 0.4) is 0 Å². The molecule has 3 aromatic carbocycles. The summed E-state index contributed by atoms with van der Waals surface area (Å²) < 4.78 is 11.3. The van der Waals surface area contributed by atoms with Gasteiger partial charge in [0.25, 0.3) is 0 Å². The van der Waals surface area contributed by atoms with Crippen LogP contribution in [0.2, 0.25) is 0 Å². The van der Waals surface area contributed by atoms with E-state index in [-0.39, 0.29) is 11.5 Å². The van der Waals surface area contributed by atoms with Crippen molar-refractivity contribution in [2.45, 2.75) is 13.2 Å². The van der Waals surface area contributed by atoms with E-state index >= 15 is 0 Å². The maximum absolute atomic E-state index is 9.24. The van der Waals surface area contributed by atoms with Crippen LogP contribution in [0.25, 0.3) is 0 Å². The van der Waals surface area contributed by atoms with E-state index in [1.807, 2.05) is 24.3 Å². The summed E-state index contributed by atoms with van der Waals surface area (Å²) in [4.78, 5) is 0. The molecule has 0 spiro atoms. The van der Waals surface area contributed by atoms with Crippen LogP contribution in [-0.4, -0.2) is 10.2 Å². The Morgan fingerprint density at radius 3 is 1.17 bits per heavy atom. The molecule has 0 bridgehead atoms. The third-order valence-electron chi connectivity index (χ3n) is 3.51. The molecule has 0 heterocycles. The minimum absolute atomic E-state index is 0.223. The molecule has 0 aliphatic rings. The molecule has 0 aromatic heterocycles. The minimum atomic E-state index is 0.223. The number of phenols is 2. The van der Waals surface area contributed by atoms with Crippen LogP contribution in [0.15, 0.2) is 72.8 Å². The first-order valence-corrected chi connectivity index (χ1v) is 7.60. The summed E-state index contributed by atoms with van der Waals surface area (Å²) in [5.41, 5.74) is 2.10. The Morgan fingerprint density at radius 2 is 0.833 bits per heavy atom. The largest absolute Gasteiger partial charge is 0.508 e. The molecule has 0 saturated heterocycles. The number of phenolic OH excluding ortho intramolecular Hbond substituents is 2. The van der Waals surface area contributed by atoms with Crippen molar-refractivity contribution >= 4 is 0 Å². The highest BCUT2D eigenvalue weighted by atomic mass is 16.5. The third-order valence-corrected chi connectivity index (χ3v) is 3.51. The number of hydrogen-bond donors (Lipinski definition) is 2. The second-order valence-electron chi connectivity index (χ2n) is 5.38. The van der Waals surface area contributed by atoms with Gasteiger partial charge in [-0.25, -0.2) is 0 Å². The van der Waals surface area contributed by atoms with Crippen LogP contribution in [-0.2, 0) is 13.2 Å². The van der Waals surface area contributed by atoms with Crippen LogP contribution in [0.5, 0.6) is 23.0 Å². The molecule has 0 saturated carbocycles. The van der Waals surface area contributed by atoms with Crippen LogP contribution < -0.4 is 9.47 Å². The van der Waals surface area contributed by atoms with E-state index in [2.05, 4.69) is 0 Å². The lowest BCUT2D eigenvalue weighted by molar-refractivity contribution is 0.302. The normalized spacial score (nSPS) is 10.3. The predicted molar refractivity (Wildman–Crippen MR) is 91.3 cm³/mol. The smallest absolute Gasteiger partial charge is 0.120 e. The van der Waals surface area contributed by atoms with Gasteiger partial charge in [-0.3, -0.25) is 0 Å². The van der Waals surface area contributed by atoms with Gasteiger partial charge in [0, 0.05) is 0 Å². The van der Waals surface area contributed by atoms with Crippen molar-refractivity contribution in [3.63, 3.8) is 0 Å². The Morgan fingerprint density at radius 1 is 0.500 bits per heavy atom. The molecule has 0 aliphatic heterocycles. The van der Waals surface area contributed by atoms with Crippen molar-refractivity contribution in [1.82, 2.24) is 0 Å². The fourth-order valence-corrected chi connectivity index (χ4v) is 2.15. The summed E-state index contributed by atoms with van der Waals surface area (Å²) in [5, 5.41) is 18.5. The molecule has 2 N–H and O–H groups in total. The van der Waals surface area contributed by atoms with E-state index in [1.54, 1.807) is 48.5 Å². The molecule has 24 heavy (non-hydrogen) atoms. The van der Waals surface area contributed by atoms with Gasteiger partial charge >= 0.3 is 0 Å². The number of hydrogen-bond acceptors (Lipinski definition) is 4. The van der Waals surface area contributed by atoms with E-state index in [0.717, 1.165) is 11.1 Å². The average molecular weight is 322 g/mol. The molecule has 0 fully saturated rings. The van der Waals surface area contributed by atoms with Crippen LogP contribution >= 0.6 is 0 Å². The predicted octanol–water partition coefficient (Wildman–Crippen LogP) is 4.26. The highest BCUT2D eigenvalue weighted by Crippen LogP contribution is 2.19. The second kappa shape index (κ2) is 7.42. The molecular weight excluding hydrogens is 304 g/mol. The van der Waals surface area contributed by atoms with Gasteiger partial charge in [0.15, 0.2) is 0 Å². The Labute approximate surface area is 140 Å². The summed E-state index contributed by atoms with van der Waals surface area (Å²) in [7, 11) is 0. The Balaban J connectivity index is 1.51. The van der Waals surface area contributed by atoms with E-state index in [1.165, 1.54) is 0 Å². The number of ether oxygens (including phenoxy) is 2. The quantitative estimate of drug-likeness (QED) is 0.712. The molecule has 4 nitrogen and oxygen atoms in total. The standard InChI is InChI=1S/C20H18O4/c21-17-5-9-19(10-6-17)23-13-15-1-2-16(4-3-15)14-24-20-11-7-18(22)8-12-20/h1-12,21-22H,13-14H2. The zero-order valence-corrected chi connectivity index (χ0v) is 13.1. The summed E-state index contributed by atoms with van der Waals surface area (Å²) in [6.07, 6.45) is 0. The van der Waals surface area contributed by atoms with Crippen LogP contribution in [0.4, 0.5) is 0 Å². The zero-order chi connectivity index (χ0) is 16.8. The number of benzene rings is 3. The lowest BCUT2D eigenvalue weighted by atomic mass is 10.1. The topological polar surface area (TPSA) is 58.9 Å². The summed E-state index contributed by atoms with van der Waals surface area (Å²) in [5.74, 6) is 1.88. The van der Waals surface area contributed by atoms with Crippen LogP contribution in [0, 0.1) is 0 Å². The molecule has 3 aromatic rings. The first-order chi connectivity index (χ1) is 11.7. The van der Waals surface area contributed by atoms with Gasteiger partial charge in [0.05, 0.1) is 0 Å². The van der Waals surface area contributed by atoms with Crippen molar-refractivity contribution in [1.29, 1.82) is 0 Å². The Kier molecular flexibility index (Phi) is 4.87. The van der Waals surface area contributed by atoms with Gasteiger partial charge in [-0.1, -0.05) is 24.3 Å². The number of rotatable bonds is 6. The van der Waals surface area contributed by atoms with Crippen molar-refractivity contribution in [2.24, 2.45) is 0 Å². The highest BCUT2D eigenvalue weighted by Gasteiger charge is 2.00. The summed E-state index contributed by atoms with van der Waals surface area (Å²) >= 11 is 0. The average Bonchev–Trinajstić information content (AvgIpc) is 2.62. The molecule has 0 amide bonds. The van der Waals surface area contributed by atoms with Gasteiger partial charge < -0.3 is 19.7 Å². The minimum Gasteiger partial charge on any atom is -0.508 e. The van der Waals surface area contributed by atoms with Crippen LogP contribution in [0.1, 0.15) is 11.1 Å². The third kappa shape index (κ3) is 4.43. The summed E-state index contributed by atoms with van der Waals surface area (Å²) in [6, 6.07) is 21.3. The zero-order valence-electron chi connectivity index (χ0n) is 13.1. The fraction of sp³-hybridized carbons (Fsp3) is 0.100. The molecule has 3 rings (SSSR count). The molecule has 0 atom stereocenters. The summed E-state index contributed by atoms with van der Waals surface area (Å²) in [6.45, 7) is 0.924. The van der Waals surface area contributed by atoms with Crippen molar-refractivity contribution in [3.05, 3.63) is 83.9 Å². The molecule has 0 unspecified atom stereocenters. The van der Waals surface area contributed by atoms with Gasteiger partial charge in [-0.15, -0.1) is 0 Å². The van der Waals surface area contributed by atoms with Gasteiger partial charge in [0.1, 0.15) is 36.2 Å². The van der Waals surface area contributed by atoms with E-state index < -0.39 is 0 Å². The number of aromatic hydroxyl groups is 2. The van der Waals surface area contributed by atoms with Crippen molar-refractivity contribution < 1.29 is 19.7 Å². The van der Waals surface area contributed by atoms with E-state index in [4.69, 9.17) is 9.47 Å². The Bertz CT molecular complexity index is 694. The molecule has 122 valence electrons. The highest BCUT2D eigenvalue weighted by molar-refractivity contribution is 5.32. The Hall–Kier alpha value is -3.14. The SMILES string of the molecule is Oc1ccc(OCc2ccc(COc3ccc(O)cc3)cc2)cc1. The van der Waals surface area contributed by atoms with E-state index in [9.17, 15) is 10.2 Å². The van der Waals surface area contributed by atoms with Crippen molar-refractivity contribution in [3.8, 4) is 23.0 Å². The molecule has 4 heteroatoms. The van der Waals surface area contributed by atoms with Gasteiger partial charge in [0.2, 0.25) is 0 Å². The van der Waals surface area contributed by atoms with Gasteiger partial charge in [-0.05, 0) is 59.7 Å². The molecule has 0 aliphatic carbocycles. The van der Waals surface area contributed by atoms with E-state index in [0.29, 0.717) is 24.7 Å². The maximum Gasteiger partial charge on any atom is 0.120 e. The van der Waals surface area contributed by atoms with Gasteiger partial charge in [-0.2, -0.15) is 0 Å². The molecule has 0 radical (unpaired) electrons. The monoisotopic (exact) mass is 322 g/mol. The molecular formula is C20H18O4. The maximum atomic E-state index is 9.24. The lowest BCUT2D eigenvalue weighted by Gasteiger charge is -2.09.